The maximum absolute atomic E-state index is 12.8. The molecule has 2 aromatic carbocycles. The number of carbonyl (C=O) groups excluding carboxylic acids is 2. The summed E-state index contributed by atoms with van der Waals surface area (Å²) < 4.78 is 5.48. The lowest BCUT2D eigenvalue weighted by Gasteiger charge is -2.15. The molecule has 180 valence electrons. The van der Waals surface area contributed by atoms with E-state index in [4.69, 9.17) is 27.9 Å². The van der Waals surface area contributed by atoms with E-state index in [9.17, 15) is 9.59 Å². The van der Waals surface area contributed by atoms with Crippen LogP contribution in [0.2, 0.25) is 10.0 Å². The first kappa shape index (κ1) is 24.9. The smallest absolute Gasteiger partial charge is 0.338 e. The summed E-state index contributed by atoms with van der Waals surface area (Å²) in [6.45, 7) is 5.64. The Morgan fingerprint density at radius 2 is 1.86 bits per heavy atom. The zero-order chi connectivity index (χ0) is 25.1. The van der Waals surface area contributed by atoms with Gasteiger partial charge in [-0.25, -0.2) is 14.8 Å². The number of hydrogen-bond acceptors (Lipinski definition) is 6. The number of hydrogen-bond donors (Lipinski definition) is 2. The number of benzene rings is 2. The minimum Gasteiger partial charge on any atom is -0.449 e. The molecule has 0 fully saturated rings. The molecule has 7 nitrogen and oxygen atoms in total. The molecule has 2 aromatic heterocycles. The minimum atomic E-state index is -0.969. The van der Waals surface area contributed by atoms with E-state index >= 15 is 0 Å². The molecule has 4 rings (SSSR count). The van der Waals surface area contributed by atoms with Crippen molar-refractivity contribution in [1.29, 1.82) is 0 Å². The van der Waals surface area contributed by atoms with Gasteiger partial charge in [0.15, 0.2) is 11.2 Å². The van der Waals surface area contributed by atoms with Crippen molar-refractivity contribution in [3.63, 3.8) is 0 Å². The van der Waals surface area contributed by atoms with Crippen molar-refractivity contribution in [2.24, 2.45) is 0 Å². The van der Waals surface area contributed by atoms with Crippen LogP contribution >= 0.6 is 34.5 Å². The second-order valence-corrected chi connectivity index (χ2v) is 9.53. The predicted octanol–water partition coefficient (Wildman–Crippen LogP) is 6.70. The van der Waals surface area contributed by atoms with E-state index in [1.54, 1.807) is 54.8 Å². The van der Waals surface area contributed by atoms with Gasteiger partial charge in [-0.2, -0.15) is 0 Å². The van der Waals surface area contributed by atoms with E-state index in [0.717, 1.165) is 22.8 Å². The third-order valence-electron chi connectivity index (χ3n) is 5.38. The van der Waals surface area contributed by atoms with E-state index in [0.29, 0.717) is 38.4 Å². The van der Waals surface area contributed by atoms with Gasteiger partial charge in [-0.05, 0) is 50.6 Å². The molecule has 0 spiro atoms. The number of thiazole rings is 1. The molecule has 2 N–H and O–H groups in total. The second-order valence-electron chi connectivity index (χ2n) is 7.83. The molecule has 35 heavy (non-hydrogen) atoms. The summed E-state index contributed by atoms with van der Waals surface area (Å²) >= 11 is 13.4. The van der Waals surface area contributed by atoms with Gasteiger partial charge in [0, 0.05) is 27.2 Å². The molecule has 2 heterocycles. The van der Waals surface area contributed by atoms with Gasteiger partial charge in [0.2, 0.25) is 0 Å². The number of imidazole rings is 1. The molecule has 0 aliphatic heterocycles. The maximum atomic E-state index is 12.8. The highest BCUT2D eigenvalue weighted by Crippen LogP contribution is 2.32. The number of ether oxygens (including phenoxy) is 1. The Labute approximate surface area is 216 Å². The number of nitrogens with zero attached hydrogens (tertiary/aromatic N) is 2. The summed E-state index contributed by atoms with van der Waals surface area (Å²) in [5.41, 5.74) is 4.42. The van der Waals surface area contributed by atoms with Gasteiger partial charge < -0.3 is 9.72 Å². The summed E-state index contributed by atoms with van der Waals surface area (Å²) in [5.74, 6) is -0.311. The number of anilines is 1. The number of carbonyl (C=O) groups is 2. The number of rotatable bonds is 7. The van der Waals surface area contributed by atoms with Crippen molar-refractivity contribution in [2.75, 3.05) is 5.32 Å². The number of halogens is 2. The van der Waals surface area contributed by atoms with Crippen molar-refractivity contribution in [1.82, 2.24) is 15.0 Å². The highest BCUT2D eigenvalue weighted by Gasteiger charge is 2.23. The quantitative estimate of drug-likeness (QED) is 0.260. The van der Waals surface area contributed by atoms with Crippen LogP contribution in [0.25, 0.3) is 22.6 Å². The third kappa shape index (κ3) is 5.73. The number of aryl methyl sites for hydroxylation is 2. The minimum absolute atomic E-state index is 0.307. The van der Waals surface area contributed by atoms with Crippen LogP contribution in [-0.4, -0.2) is 32.9 Å². The van der Waals surface area contributed by atoms with Crippen LogP contribution in [0, 0.1) is 13.8 Å². The highest BCUT2D eigenvalue weighted by molar-refractivity contribution is 7.14. The normalized spacial score (nSPS) is 11.8. The Kier molecular flexibility index (Phi) is 7.54. The second kappa shape index (κ2) is 10.6. The van der Waals surface area contributed by atoms with Crippen LogP contribution in [0.5, 0.6) is 0 Å². The lowest BCUT2D eigenvalue weighted by molar-refractivity contribution is -0.124. The maximum Gasteiger partial charge on any atom is 0.338 e. The van der Waals surface area contributed by atoms with Crippen molar-refractivity contribution in [3.8, 4) is 22.6 Å². The number of amides is 1. The Bertz CT molecular complexity index is 1360. The van der Waals surface area contributed by atoms with Crippen LogP contribution in [0.3, 0.4) is 0 Å². The van der Waals surface area contributed by atoms with Crippen LogP contribution in [-0.2, 0) is 9.53 Å². The molecular formula is C25H22Cl2N4O3S. The molecule has 0 bridgehead atoms. The fraction of sp³-hybridized carbons (Fsp3) is 0.200. The molecule has 1 unspecified atom stereocenters. The van der Waals surface area contributed by atoms with Crippen molar-refractivity contribution in [2.45, 2.75) is 33.3 Å². The van der Waals surface area contributed by atoms with Gasteiger partial charge in [-0.1, -0.05) is 42.3 Å². The molecule has 1 atom stereocenters. The van der Waals surface area contributed by atoms with Gasteiger partial charge in [0.1, 0.15) is 5.82 Å². The molecule has 0 saturated carbocycles. The fourth-order valence-electron chi connectivity index (χ4n) is 3.31. The fourth-order valence-corrected chi connectivity index (χ4v) is 4.52. The first-order chi connectivity index (χ1) is 16.7. The predicted molar refractivity (Wildman–Crippen MR) is 139 cm³/mol. The summed E-state index contributed by atoms with van der Waals surface area (Å²) in [6.07, 6.45) is -0.661. The summed E-state index contributed by atoms with van der Waals surface area (Å²) in [6, 6.07) is 12.0. The van der Waals surface area contributed by atoms with Gasteiger partial charge in [0.25, 0.3) is 5.91 Å². The topological polar surface area (TPSA) is 97.0 Å². The zero-order valence-electron chi connectivity index (χ0n) is 19.2. The lowest BCUT2D eigenvalue weighted by atomic mass is 10.1. The number of nitrogens with one attached hydrogen (secondary N) is 2. The largest absolute Gasteiger partial charge is 0.449 e. The third-order valence-corrected chi connectivity index (χ3v) is 6.68. The Hall–Kier alpha value is -3.20. The molecule has 0 aliphatic carbocycles. The van der Waals surface area contributed by atoms with Gasteiger partial charge in [-0.15, -0.1) is 11.3 Å². The Morgan fingerprint density at radius 1 is 1.11 bits per heavy atom. The molecule has 0 radical (unpaired) electrons. The van der Waals surface area contributed by atoms with Crippen molar-refractivity contribution < 1.29 is 14.3 Å². The molecule has 4 aromatic rings. The van der Waals surface area contributed by atoms with Crippen LogP contribution in [0.4, 0.5) is 5.13 Å². The van der Waals surface area contributed by atoms with Crippen molar-refractivity contribution in [3.05, 3.63) is 74.8 Å². The summed E-state index contributed by atoms with van der Waals surface area (Å²) in [5, 5.41) is 5.86. The average molecular weight is 529 g/mol. The highest BCUT2D eigenvalue weighted by atomic mass is 35.5. The van der Waals surface area contributed by atoms with Gasteiger partial charge in [-0.3, -0.25) is 10.1 Å². The first-order valence-electron chi connectivity index (χ1n) is 10.8. The number of H-pyrrole nitrogens is 1. The summed E-state index contributed by atoms with van der Waals surface area (Å²) in [4.78, 5) is 37.5. The van der Waals surface area contributed by atoms with E-state index in [-0.39, 0.29) is 0 Å². The molecule has 10 heteroatoms. The average Bonchev–Trinajstić information content (AvgIpc) is 3.43. The van der Waals surface area contributed by atoms with E-state index < -0.39 is 18.0 Å². The van der Waals surface area contributed by atoms with E-state index in [2.05, 4.69) is 20.3 Å². The number of aromatic nitrogens is 3. The van der Waals surface area contributed by atoms with E-state index in [1.165, 1.54) is 11.3 Å². The van der Waals surface area contributed by atoms with Crippen molar-refractivity contribution >= 4 is 51.5 Å². The Balaban J connectivity index is 1.40. The van der Waals surface area contributed by atoms with Gasteiger partial charge in [0.05, 0.1) is 22.0 Å². The SMILES string of the molecule is CCC(OC(=O)c1ccc(-c2nc(C)c(C)[nH]2)cc1)C(=O)Nc1nc(-c2ccc(Cl)cc2Cl)cs1. The Morgan fingerprint density at radius 3 is 2.49 bits per heavy atom. The molecule has 0 aliphatic rings. The lowest BCUT2D eigenvalue weighted by Crippen LogP contribution is -2.32. The number of aromatic amines is 1. The monoisotopic (exact) mass is 528 g/mol. The summed E-state index contributed by atoms with van der Waals surface area (Å²) in [7, 11) is 0. The molecule has 0 saturated heterocycles. The van der Waals surface area contributed by atoms with Crippen LogP contribution < -0.4 is 5.32 Å². The molecule has 1 amide bonds. The zero-order valence-corrected chi connectivity index (χ0v) is 21.5. The first-order valence-corrected chi connectivity index (χ1v) is 12.4. The number of esters is 1. The standard InChI is InChI=1S/C25H22Cl2N4O3S/c1-4-21(23(32)31-25-30-20(12-35-25)18-10-9-17(26)11-19(18)27)34-24(33)16-7-5-15(6-8-16)22-28-13(2)14(3)29-22/h5-12,21H,4H2,1-3H3,(H,28,29)(H,30,31,32). The van der Waals surface area contributed by atoms with Crippen LogP contribution in [0.15, 0.2) is 47.8 Å². The van der Waals surface area contributed by atoms with E-state index in [1.807, 2.05) is 13.8 Å². The molecular weight excluding hydrogens is 507 g/mol. The van der Waals surface area contributed by atoms with Crippen LogP contribution in [0.1, 0.15) is 35.1 Å². The van der Waals surface area contributed by atoms with Gasteiger partial charge >= 0.3 is 5.97 Å².